The number of carbonyl (C=O) groups excluding carboxylic acids is 1. The molecular formula is C28H33ClIN3O. The number of aryl methyl sites for hydroxylation is 1. The molecule has 4 nitrogen and oxygen atoms in total. The molecule has 0 aliphatic heterocycles. The standard InChI is InChI=1S/C28H33ClIN3O/c1-7-19-8-14-22(15-9-19)33(28(6,30)20-10-12-21(29)13-11-20)26(34)32-25-18(2)24(31)17-16-23(25)27(3,4)5/h8-17H,7,31H2,1-6H3,(H,32,34). The molecule has 2 amide bonds. The quantitative estimate of drug-likeness (QED) is 0.136. The van der Waals surface area contributed by atoms with E-state index >= 15 is 0 Å². The normalized spacial score (nSPS) is 13.3. The summed E-state index contributed by atoms with van der Waals surface area (Å²) >= 11 is 8.48. The van der Waals surface area contributed by atoms with Crippen molar-refractivity contribution in [3.63, 3.8) is 0 Å². The minimum Gasteiger partial charge on any atom is -0.398 e. The van der Waals surface area contributed by atoms with Gasteiger partial charge in [0.15, 0.2) is 0 Å². The summed E-state index contributed by atoms with van der Waals surface area (Å²) in [6, 6.07) is 19.4. The van der Waals surface area contributed by atoms with Crippen molar-refractivity contribution >= 4 is 57.3 Å². The van der Waals surface area contributed by atoms with Gasteiger partial charge in [-0.1, -0.05) is 69.6 Å². The van der Waals surface area contributed by atoms with Crippen LogP contribution in [0.2, 0.25) is 5.02 Å². The van der Waals surface area contributed by atoms with Gasteiger partial charge in [0.2, 0.25) is 0 Å². The molecule has 6 heteroatoms. The Hall–Kier alpha value is -2.25. The number of nitrogen functional groups attached to an aromatic ring is 1. The number of hydrogen-bond acceptors (Lipinski definition) is 2. The predicted octanol–water partition coefficient (Wildman–Crippen LogP) is 8.44. The van der Waals surface area contributed by atoms with E-state index in [0.717, 1.165) is 34.5 Å². The lowest BCUT2D eigenvalue weighted by Crippen LogP contribution is -2.46. The van der Waals surface area contributed by atoms with Gasteiger partial charge in [-0.25, -0.2) is 4.79 Å². The molecule has 180 valence electrons. The van der Waals surface area contributed by atoms with Crippen LogP contribution in [0.25, 0.3) is 0 Å². The van der Waals surface area contributed by atoms with Crippen LogP contribution >= 0.6 is 34.2 Å². The zero-order valence-corrected chi connectivity index (χ0v) is 23.6. The lowest BCUT2D eigenvalue weighted by Gasteiger charge is -2.38. The summed E-state index contributed by atoms with van der Waals surface area (Å²) in [5.74, 6) is 0. The van der Waals surface area contributed by atoms with Crippen LogP contribution in [0.4, 0.5) is 21.9 Å². The minimum atomic E-state index is -0.684. The second kappa shape index (κ2) is 10.2. The maximum absolute atomic E-state index is 14.0. The zero-order valence-electron chi connectivity index (χ0n) is 20.7. The molecule has 0 aromatic heterocycles. The van der Waals surface area contributed by atoms with Crippen molar-refractivity contribution in [1.82, 2.24) is 0 Å². The number of nitrogens with two attached hydrogens (primary N) is 1. The highest BCUT2D eigenvalue weighted by Crippen LogP contribution is 2.41. The van der Waals surface area contributed by atoms with E-state index in [1.165, 1.54) is 5.56 Å². The first-order valence-corrected chi connectivity index (χ1v) is 12.9. The maximum Gasteiger partial charge on any atom is 0.327 e. The predicted molar refractivity (Wildman–Crippen MR) is 154 cm³/mol. The molecule has 0 radical (unpaired) electrons. The number of rotatable bonds is 5. The largest absolute Gasteiger partial charge is 0.398 e. The lowest BCUT2D eigenvalue weighted by molar-refractivity contribution is 0.254. The van der Waals surface area contributed by atoms with Crippen molar-refractivity contribution in [3.05, 3.63) is 87.9 Å². The number of nitrogens with zero attached hydrogens (tertiary/aromatic N) is 1. The number of alkyl halides is 1. The van der Waals surface area contributed by atoms with Crippen molar-refractivity contribution in [1.29, 1.82) is 0 Å². The van der Waals surface area contributed by atoms with Gasteiger partial charge >= 0.3 is 6.03 Å². The molecule has 0 bridgehead atoms. The Morgan fingerprint density at radius 2 is 1.59 bits per heavy atom. The van der Waals surface area contributed by atoms with Crippen molar-refractivity contribution < 1.29 is 4.79 Å². The highest BCUT2D eigenvalue weighted by atomic mass is 127. The number of urea groups is 1. The van der Waals surface area contributed by atoms with Gasteiger partial charge in [-0.2, -0.15) is 0 Å². The summed E-state index contributed by atoms with van der Waals surface area (Å²) in [5, 5.41) is 3.87. The summed E-state index contributed by atoms with van der Waals surface area (Å²) in [4.78, 5) is 15.8. The van der Waals surface area contributed by atoms with E-state index in [1.807, 2.05) is 62.4 Å². The molecule has 0 heterocycles. The molecule has 0 fully saturated rings. The monoisotopic (exact) mass is 589 g/mol. The van der Waals surface area contributed by atoms with Gasteiger partial charge in [0, 0.05) is 16.4 Å². The summed E-state index contributed by atoms with van der Waals surface area (Å²) in [6.07, 6.45) is 0.933. The van der Waals surface area contributed by atoms with E-state index in [9.17, 15) is 4.79 Å². The molecule has 3 aromatic rings. The van der Waals surface area contributed by atoms with Gasteiger partial charge < -0.3 is 11.1 Å². The fourth-order valence-electron chi connectivity index (χ4n) is 3.99. The number of amides is 2. The molecule has 0 saturated carbocycles. The average Bonchev–Trinajstić information content (AvgIpc) is 2.77. The maximum atomic E-state index is 14.0. The molecule has 3 rings (SSSR count). The number of nitrogens with one attached hydrogen (secondary N) is 1. The Bertz CT molecular complexity index is 1170. The van der Waals surface area contributed by atoms with Crippen molar-refractivity contribution in [2.24, 2.45) is 0 Å². The van der Waals surface area contributed by atoms with E-state index < -0.39 is 3.55 Å². The summed E-state index contributed by atoms with van der Waals surface area (Å²) < 4.78 is -0.684. The van der Waals surface area contributed by atoms with Crippen LogP contribution < -0.4 is 16.0 Å². The second-order valence-electron chi connectivity index (χ2n) is 9.70. The lowest BCUT2D eigenvalue weighted by atomic mass is 9.84. The number of carbonyl (C=O) groups is 1. The number of hydrogen-bond donors (Lipinski definition) is 2. The molecule has 3 N–H and O–H groups in total. The van der Waals surface area contributed by atoms with E-state index in [1.54, 1.807) is 4.90 Å². The van der Waals surface area contributed by atoms with Gasteiger partial charge in [0.1, 0.15) is 3.55 Å². The van der Waals surface area contributed by atoms with Gasteiger partial charge in [-0.3, -0.25) is 4.90 Å². The Kier molecular flexibility index (Phi) is 7.88. The Labute approximate surface area is 222 Å². The van der Waals surface area contributed by atoms with Gasteiger partial charge in [0.25, 0.3) is 0 Å². The number of benzene rings is 3. The second-order valence-corrected chi connectivity index (χ2v) is 12.2. The SMILES string of the molecule is CCc1ccc(N(C(=O)Nc2c(C(C)(C)C)ccc(N)c2C)C(C)(I)c2ccc(Cl)cc2)cc1. The van der Waals surface area contributed by atoms with Gasteiger partial charge in [-0.05, 0) is 101 Å². The van der Waals surface area contributed by atoms with Crippen LogP contribution in [0.5, 0.6) is 0 Å². The fourth-order valence-corrected chi connectivity index (χ4v) is 4.97. The fraction of sp³-hybridized carbons (Fsp3) is 0.321. The molecule has 1 atom stereocenters. The van der Waals surface area contributed by atoms with Crippen molar-refractivity contribution in [2.45, 2.75) is 56.9 Å². The van der Waals surface area contributed by atoms with Crippen molar-refractivity contribution in [2.75, 3.05) is 16.0 Å². The first-order chi connectivity index (χ1) is 15.9. The van der Waals surface area contributed by atoms with Crippen LogP contribution in [-0.4, -0.2) is 6.03 Å². The van der Waals surface area contributed by atoms with Crippen molar-refractivity contribution in [3.8, 4) is 0 Å². The Morgan fingerprint density at radius 1 is 1.00 bits per heavy atom. The highest BCUT2D eigenvalue weighted by Gasteiger charge is 2.37. The third-order valence-corrected chi connectivity index (χ3v) is 7.50. The van der Waals surface area contributed by atoms with E-state index in [0.29, 0.717) is 10.7 Å². The van der Waals surface area contributed by atoms with E-state index in [2.05, 4.69) is 67.7 Å². The molecule has 1 unspecified atom stereocenters. The molecule has 34 heavy (non-hydrogen) atoms. The third-order valence-electron chi connectivity index (χ3n) is 6.14. The van der Waals surface area contributed by atoms with E-state index in [4.69, 9.17) is 17.3 Å². The van der Waals surface area contributed by atoms with Gasteiger partial charge in [-0.15, -0.1) is 0 Å². The minimum absolute atomic E-state index is 0.168. The molecule has 0 aliphatic rings. The van der Waals surface area contributed by atoms with Gasteiger partial charge in [0.05, 0.1) is 5.69 Å². The van der Waals surface area contributed by atoms with Crippen LogP contribution in [-0.2, 0) is 15.4 Å². The summed E-state index contributed by atoms with van der Waals surface area (Å²) in [6.45, 7) is 12.5. The highest BCUT2D eigenvalue weighted by molar-refractivity contribution is 14.1. The Balaban J connectivity index is 2.13. The van der Waals surface area contributed by atoms with Crippen LogP contribution in [0.15, 0.2) is 60.7 Å². The topological polar surface area (TPSA) is 58.4 Å². The molecule has 0 spiro atoms. The number of halogens is 2. The van der Waals surface area contributed by atoms with E-state index in [-0.39, 0.29) is 11.4 Å². The zero-order chi connectivity index (χ0) is 25.3. The smallest absolute Gasteiger partial charge is 0.327 e. The first-order valence-electron chi connectivity index (χ1n) is 11.4. The summed E-state index contributed by atoms with van der Waals surface area (Å²) in [5.41, 5.74) is 12.4. The Morgan fingerprint density at radius 3 is 2.12 bits per heavy atom. The average molecular weight is 590 g/mol. The van der Waals surface area contributed by atoms with Crippen LogP contribution in [0.1, 0.15) is 56.9 Å². The molecular weight excluding hydrogens is 557 g/mol. The first kappa shape index (κ1) is 26.4. The molecule has 0 aliphatic carbocycles. The third kappa shape index (κ3) is 5.52. The molecule has 0 saturated heterocycles. The summed E-state index contributed by atoms with van der Waals surface area (Å²) in [7, 11) is 0. The van der Waals surface area contributed by atoms with Crippen LogP contribution in [0, 0.1) is 6.92 Å². The van der Waals surface area contributed by atoms with Crippen LogP contribution in [0.3, 0.4) is 0 Å². The number of anilines is 3. The molecule has 3 aromatic carbocycles.